The van der Waals surface area contributed by atoms with Crippen molar-refractivity contribution in [1.29, 1.82) is 0 Å². The number of hydrogen-bond acceptors (Lipinski definition) is 6. The summed E-state index contributed by atoms with van der Waals surface area (Å²) in [5.74, 6) is 1.41. The summed E-state index contributed by atoms with van der Waals surface area (Å²) < 4.78 is 6.36. The molecule has 0 aromatic carbocycles. The zero-order valence-electron chi connectivity index (χ0n) is 24.5. The Balaban J connectivity index is 1.34. The molecule has 3 heterocycles. The highest BCUT2D eigenvalue weighted by Crippen LogP contribution is 2.42. The Bertz CT molecular complexity index is 1180. The standard InChI is InChI=1S/C32H45N3O4S/c1-21-10-12-22(13-11-21)30(36)35(25-20-26(32(2,3)4)40-29(25)31(37)38)23-14-16-24(17-15-23)39-28-9-7-8-27(33-28)34-18-5-6-19-34/h7-9,20-24H,5-6,10-19H2,1-4H3,(H,37,38)/t21-,22-,23-,24-. The number of anilines is 2. The third-order valence-electron chi connectivity index (χ3n) is 8.94. The molecule has 2 aromatic heterocycles. The number of thiophene rings is 1. The van der Waals surface area contributed by atoms with E-state index < -0.39 is 5.97 Å². The highest BCUT2D eigenvalue weighted by atomic mass is 32.1. The Labute approximate surface area is 242 Å². The number of carboxylic acid groups (broad SMARTS) is 1. The zero-order chi connectivity index (χ0) is 28.4. The highest BCUT2D eigenvalue weighted by Gasteiger charge is 2.38. The molecule has 0 bridgehead atoms. The van der Waals surface area contributed by atoms with Gasteiger partial charge in [-0.15, -0.1) is 11.3 Å². The van der Waals surface area contributed by atoms with Crippen LogP contribution in [0.5, 0.6) is 5.88 Å². The summed E-state index contributed by atoms with van der Waals surface area (Å²) in [4.78, 5) is 36.8. The summed E-state index contributed by atoms with van der Waals surface area (Å²) in [5, 5.41) is 10.2. The number of ether oxygens (including phenoxy) is 1. The molecule has 7 nitrogen and oxygen atoms in total. The van der Waals surface area contributed by atoms with Gasteiger partial charge in [-0.1, -0.05) is 33.8 Å². The van der Waals surface area contributed by atoms with Crippen molar-refractivity contribution in [3.8, 4) is 5.88 Å². The van der Waals surface area contributed by atoms with Crippen molar-refractivity contribution in [2.24, 2.45) is 11.8 Å². The molecular weight excluding hydrogens is 522 g/mol. The highest BCUT2D eigenvalue weighted by molar-refractivity contribution is 7.14. The average Bonchev–Trinajstić information content (AvgIpc) is 3.62. The number of hydrogen-bond donors (Lipinski definition) is 1. The third-order valence-corrected chi connectivity index (χ3v) is 10.5. The Kier molecular flexibility index (Phi) is 8.74. The van der Waals surface area contributed by atoms with E-state index in [9.17, 15) is 14.7 Å². The first kappa shape index (κ1) is 28.9. The van der Waals surface area contributed by atoms with Gasteiger partial charge >= 0.3 is 5.97 Å². The fourth-order valence-corrected chi connectivity index (χ4v) is 7.51. The first-order valence-electron chi connectivity index (χ1n) is 15.2. The molecule has 0 atom stereocenters. The number of rotatable bonds is 7. The second-order valence-electron chi connectivity index (χ2n) is 13.1. The number of carbonyl (C=O) groups excluding carboxylic acids is 1. The predicted octanol–water partition coefficient (Wildman–Crippen LogP) is 7.29. The van der Waals surface area contributed by atoms with Crippen molar-refractivity contribution in [3.05, 3.63) is 34.0 Å². The minimum Gasteiger partial charge on any atom is -0.477 e. The van der Waals surface area contributed by atoms with Crippen LogP contribution in [0.25, 0.3) is 0 Å². The topological polar surface area (TPSA) is 83.0 Å². The lowest BCUT2D eigenvalue weighted by Gasteiger charge is -2.39. The second-order valence-corrected chi connectivity index (χ2v) is 14.2. The maximum Gasteiger partial charge on any atom is 0.348 e. The van der Waals surface area contributed by atoms with Gasteiger partial charge in [0, 0.05) is 36.0 Å². The molecule has 0 spiro atoms. The molecule has 3 fully saturated rings. The largest absolute Gasteiger partial charge is 0.477 e. The maximum atomic E-state index is 14.2. The van der Waals surface area contributed by atoms with E-state index in [1.807, 2.05) is 23.1 Å². The van der Waals surface area contributed by atoms with Crippen LogP contribution < -0.4 is 14.5 Å². The molecule has 218 valence electrons. The van der Waals surface area contributed by atoms with Crippen LogP contribution in [0.15, 0.2) is 24.3 Å². The van der Waals surface area contributed by atoms with Gasteiger partial charge in [-0.3, -0.25) is 4.79 Å². The summed E-state index contributed by atoms with van der Waals surface area (Å²) in [5.41, 5.74) is 0.403. The van der Waals surface area contributed by atoms with Gasteiger partial charge in [0.05, 0.1) is 5.69 Å². The molecule has 8 heteroatoms. The van der Waals surface area contributed by atoms with E-state index in [0.29, 0.717) is 17.5 Å². The van der Waals surface area contributed by atoms with E-state index in [-0.39, 0.29) is 34.3 Å². The molecule has 5 rings (SSSR count). The second kappa shape index (κ2) is 12.1. The van der Waals surface area contributed by atoms with Gasteiger partial charge < -0.3 is 19.6 Å². The van der Waals surface area contributed by atoms with Gasteiger partial charge in [-0.05, 0) is 87.7 Å². The van der Waals surface area contributed by atoms with E-state index in [2.05, 4.69) is 38.7 Å². The molecular formula is C32H45N3O4S. The molecule has 0 unspecified atom stereocenters. The summed E-state index contributed by atoms with van der Waals surface area (Å²) in [7, 11) is 0. The predicted molar refractivity (Wildman–Crippen MR) is 161 cm³/mol. The molecule has 1 amide bonds. The minimum atomic E-state index is -0.952. The van der Waals surface area contributed by atoms with Crippen molar-refractivity contribution in [3.63, 3.8) is 0 Å². The minimum absolute atomic E-state index is 0.0314. The van der Waals surface area contributed by atoms with Crippen LogP contribution in [0, 0.1) is 11.8 Å². The molecule has 2 aromatic rings. The van der Waals surface area contributed by atoms with Gasteiger partial charge in [0.15, 0.2) is 0 Å². The Hall–Kier alpha value is -2.61. The molecule has 0 radical (unpaired) electrons. The number of aromatic nitrogens is 1. The molecule has 3 aliphatic rings. The number of pyridine rings is 1. The van der Waals surface area contributed by atoms with E-state index >= 15 is 0 Å². The molecule has 1 N–H and O–H groups in total. The Morgan fingerprint density at radius 3 is 2.33 bits per heavy atom. The fourth-order valence-electron chi connectivity index (χ4n) is 6.47. The zero-order valence-corrected chi connectivity index (χ0v) is 25.3. The molecule has 40 heavy (non-hydrogen) atoms. The number of amides is 1. The Morgan fingerprint density at radius 1 is 1.02 bits per heavy atom. The van der Waals surface area contributed by atoms with E-state index in [4.69, 9.17) is 9.72 Å². The third kappa shape index (κ3) is 6.48. The lowest BCUT2D eigenvalue weighted by atomic mass is 9.81. The van der Waals surface area contributed by atoms with E-state index in [0.717, 1.165) is 75.2 Å². The van der Waals surface area contributed by atoms with Crippen molar-refractivity contribution < 1.29 is 19.4 Å². The van der Waals surface area contributed by atoms with Crippen molar-refractivity contribution >= 4 is 34.7 Å². The van der Waals surface area contributed by atoms with Crippen LogP contribution in [0.4, 0.5) is 11.5 Å². The van der Waals surface area contributed by atoms with Gasteiger partial charge in [-0.25, -0.2) is 4.79 Å². The van der Waals surface area contributed by atoms with Crippen molar-refractivity contribution in [2.45, 2.75) is 109 Å². The van der Waals surface area contributed by atoms with Gasteiger partial charge in [-0.2, -0.15) is 4.98 Å². The van der Waals surface area contributed by atoms with Gasteiger partial charge in [0.2, 0.25) is 11.8 Å². The quantitative estimate of drug-likeness (QED) is 0.378. The fraction of sp³-hybridized carbons (Fsp3) is 0.656. The summed E-state index contributed by atoms with van der Waals surface area (Å²) in [6.45, 7) is 10.6. The van der Waals surface area contributed by atoms with Crippen LogP contribution in [0.2, 0.25) is 0 Å². The number of carbonyl (C=O) groups is 2. The number of aromatic carboxylic acids is 1. The SMILES string of the molecule is CC(C)(C)c1cc(N(C(=O)[C@H]2CC[C@H](C)CC2)[C@H]2CC[C@H](Oc3cccc(N4CCCC4)n3)CC2)c(C(=O)O)s1. The monoisotopic (exact) mass is 567 g/mol. The van der Waals surface area contributed by atoms with Crippen molar-refractivity contribution in [1.82, 2.24) is 4.98 Å². The Morgan fingerprint density at radius 2 is 1.70 bits per heavy atom. The van der Waals surface area contributed by atoms with Crippen LogP contribution in [0.3, 0.4) is 0 Å². The first-order valence-corrected chi connectivity index (χ1v) is 16.0. The van der Waals surface area contributed by atoms with Crippen LogP contribution in [-0.2, 0) is 10.2 Å². The molecule has 2 saturated carbocycles. The normalized spacial score (nSPS) is 25.6. The summed E-state index contributed by atoms with van der Waals surface area (Å²) >= 11 is 1.31. The van der Waals surface area contributed by atoms with Crippen molar-refractivity contribution in [2.75, 3.05) is 22.9 Å². The first-order chi connectivity index (χ1) is 19.1. The number of carboxylic acids is 1. The van der Waals surface area contributed by atoms with Crippen LogP contribution in [0.1, 0.15) is 106 Å². The average molecular weight is 568 g/mol. The lowest BCUT2D eigenvalue weighted by molar-refractivity contribution is -0.124. The molecule has 2 aliphatic carbocycles. The van der Waals surface area contributed by atoms with E-state index in [1.54, 1.807) is 0 Å². The smallest absolute Gasteiger partial charge is 0.348 e. The molecule has 1 saturated heterocycles. The summed E-state index contributed by atoms with van der Waals surface area (Å²) in [6.07, 6.45) is 9.50. The maximum absolute atomic E-state index is 14.2. The van der Waals surface area contributed by atoms with Gasteiger partial charge in [0.1, 0.15) is 16.8 Å². The van der Waals surface area contributed by atoms with E-state index in [1.165, 1.54) is 24.2 Å². The van der Waals surface area contributed by atoms with Crippen LogP contribution >= 0.6 is 11.3 Å². The summed E-state index contributed by atoms with van der Waals surface area (Å²) in [6, 6.07) is 7.95. The molecule has 1 aliphatic heterocycles. The van der Waals surface area contributed by atoms with Crippen LogP contribution in [-0.4, -0.2) is 47.2 Å². The lowest BCUT2D eigenvalue weighted by Crippen LogP contribution is -2.47. The van der Waals surface area contributed by atoms with Gasteiger partial charge in [0.25, 0.3) is 0 Å². The number of nitrogens with zero attached hydrogens (tertiary/aromatic N) is 3.